The molecular formula is C21H18BrNO5. The van der Waals surface area contributed by atoms with Gasteiger partial charge in [-0.3, -0.25) is 14.5 Å². The number of hydrogen-bond acceptors (Lipinski definition) is 4. The number of anilines is 1. The van der Waals surface area contributed by atoms with Crippen molar-refractivity contribution < 1.29 is 24.2 Å². The Morgan fingerprint density at radius 2 is 2.11 bits per heavy atom. The minimum atomic E-state index is -1.06. The molecule has 7 heteroatoms. The van der Waals surface area contributed by atoms with Crippen LogP contribution in [0.5, 0.6) is 11.5 Å². The van der Waals surface area contributed by atoms with E-state index < -0.39 is 11.4 Å². The molecule has 3 aliphatic heterocycles. The number of hydrogen-bond donors (Lipinski definition) is 1. The van der Waals surface area contributed by atoms with Gasteiger partial charge in [0.2, 0.25) is 5.91 Å². The van der Waals surface area contributed by atoms with Gasteiger partial charge < -0.3 is 14.6 Å². The number of ether oxygens (including phenoxy) is 2. The zero-order chi connectivity index (χ0) is 19.8. The lowest BCUT2D eigenvalue weighted by atomic mass is 9.76. The quantitative estimate of drug-likeness (QED) is 0.768. The number of fused-ring (bicyclic) bond motifs is 5. The third kappa shape index (κ3) is 2.08. The fourth-order valence-electron chi connectivity index (χ4n) is 4.59. The number of carboxylic acid groups (broad SMARTS) is 1. The van der Waals surface area contributed by atoms with Crippen LogP contribution in [0.3, 0.4) is 0 Å². The van der Waals surface area contributed by atoms with Crippen molar-refractivity contribution in [3.05, 3.63) is 51.5 Å². The minimum absolute atomic E-state index is 0.0512. The summed E-state index contributed by atoms with van der Waals surface area (Å²) >= 11 is 3.58. The highest BCUT2D eigenvalue weighted by Crippen LogP contribution is 2.56. The third-order valence-electron chi connectivity index (χ3n) is 6.14. The Bertz CT molecular complexity index is 1050. The van der Waals surface area contributed by atoms with Crippen LogP contribution < -0.4 is 14.4 Å². The van der Waals surface area contributed by atoms with Gasteiger partial charge in [-0.1, -0.05) is 28.9 Å². The van der Waals surface area contributed by atoms with E-state index in [2.05, 4.69) is 22.9 Å². The molecule has 2 aromatic rings. The lowest BCUT2D eigenvalue weighted by Gasteiger charge is -2.23. The van der Waals surface area contributed by atoms with Crippen molar-refractivity contribution in [3.63, 3.8) is 0 Å². The number of nitrogens with zero attached hydrogens (tertiary/aromatic N) is 1. The molecule has 3 atom stereocenters. The van der Waals surface area contributed by atoms with E-state index in [1.807, 2.05) is 25.1 Å². The highest BCUT2D eigenvalue weighted by atomic mass is 79.9. The summed E-state index contributed by atoms with van der Waals surface area (Å²) in [6, 6.07) is 9.34. The van der Waals surface area contributed by atoms with Crippen LogP contribution in [0.2, 0.25) is 0 Å². The molecule has 0 aliphatic carbocycles. The number of rotatable bonds is 2. The summed E-state index contributed by atoms with van der Waals surface area (Å²) in [5.41, 5.74) is 2.15. The van der Waals surface area contributed by atoms with Gasteiger partial charge in [-0.2, -0.15) is 0 Å². The highest BCUT2D eigenvalue weighted by Gasteiger charge is 2.58. The van der Waals surface area contributed by atoms with E-state index in [1.165, 1.54) is 4.90 Å². The Morgan fingerprint density at radius 1 is 1.32 bits per heavy atom. The summed E-state index contributed by atoms with van der Waals surface area (Å²) in [4.78, 5) is 26.4. The maximum atomic E-state index is 13.6. The Hall–Kier alpha value is -2.54. The SMILES string of the molecule is CC1Oc2cc3c(cc2C1C)C1(CO3)C(=O)N(CC(=O)O)c2cccc(Br)c21. The molecule has 6 nitrogen and oxygen atoms in total. The van der Waals surface area contributed by atoms with Crippen molar-refractivity contribution in [2.24, 2.45) is 0 Å². The predicted molar refractivity (Wildman–Crippen MR) is 105 cm³/mol. The summed E-state index contributed by atoms with van der Waals surface area (Å²) in [6.45, 7) is 3.87. The summed E-state index contributed by atoms with van der Waals surface area (Å²) < 4.78 is 12.7. The van der Waals surface area contributed by atoms with Crippen LogP contribution in [0.4, 0.5) is 5.69 Å². The fraction of sp³-hybridized carbons (Fsp3) is 0.333. The molecule has 2 aromatic carbocycles. The monoisotopic (exact) mass is 443 g/mol. The molecule has 0 saturated heterocycles. The van der Waals surface area contributed by atoms with Crippen molar-refractivity contribution in [3.8, 4) is 11.5 Å². The molecular weight excluding hydrogens is 426 g/mol. The summed E-state index contributed by atoms with van der Waals surface area (Å²) in [5.74, 6) is 0.280. The molecule has 0 bridgehead atoms. The first-order chi connectivity index (χ1) is 13.3. The van der Waals surface area contributed by atoms with Crippen molar-refractivity contribution >= 4 is 33.5 Å². The highest BCUT2D eigenvalue weighted by molar-refractivity contribution is 9.10. The van der Waals surface area contributed by atoms with E-state index in [0.29, 0.717) is 11.4 Å². The van der Waals surface area contributed by atoms with Gasteiger partial charge >= 0.3 is 5.97 Å². The molecule has 28 heavy (non-hydrogen) atoms. The molecule has 0 aromatic heterocycles. The van der Waals surface area contributed by atoms with E-state index in [9.17, 15) is 14.7 Å². The zero-order valence-corrected chi connectivity index (χ0v) is 16.9. The summed E-state index contributed by atoms with van der Waals surface area (Å²) in [7, 11) is 0. The van der Waals surface area contributed by atoms with Crippen molar-refractivity contribution in [2.45, 2.75) is 31.3 Å². The van der Waals surface area contributed by atoms with Crippen LogP contribution in [0.1, 0.15) is 36.5 Å². The minimum Gasteiger partial charge on any atom is -0.491 e. The molecule has 1 amide bonds. The zero-order valence-electron chi connectivity index (χ0n) is 15.4. The largest absolute Gasteiger partial charge is 0.491 e. The fourth-order valence-corrected chi connectivity index (χ4v) is 5.28. The van der Waals surface area contributed by atoms with Crippen molar-refractivity contribution in [1.82, 2.24) is 0 Å². The van der Waals surface area contributed by atoms with E-state index in [-0.39, 0.29) is 31.1 Å². The molecule has 5 rings (SSSR count). The normalized spacial score (nSPS) is 26.7. The molecule has 0 saturated carbocycles. The van der Waals surface area contributed by atoms with Crippen LogP contribution in [-0.4, -0.2) is 36.2 Å². The lowest BCUT2D eigenvalue weighted by molar-refractivity contribution is -0.137. The second-order valence-electron chi connectivity index (χ2n) is 7.61. The first-order valence-corrected chi connectivity index (χ1v) is 9.94. The number of aliphatic carboxylic acids is 1. The lowest BCUT2D eigenvalue weighted by Crippen LogP contribution is -2.44. The van der Waals surface area contributed by atoms with Gasteiger partial charge in [-0.05, 0) is 25.1 Å². The Kier molecular flexibility index (Phi) is 3.59. The molecule has 3 heterocycles. The van der Waals surface area contributed by atoms with E-state index in [0.717, 1.165) is 26.9 Å². The Morgan fingerprint density at radius 3 is 2.86 bits per heavy atom. The number of carboxylic acids is 1. The molecule has 0 radical (unpaired) electrons. The Balaban J connectivity index is 1.75. The average Bonchev–Trinajstić information content (AvgIpc) is 3.23. The van der Waals surface area contributed by atoms with Crippen LogP contribution in [0.25, 0.3) is 0 Å². The second-order valence-corrected chi connectivity index (χ2v) is 8.47. The standard InChI is InChI=1S/C21H18BrNO5/c1-10-11(2)28-16-7-17-13(6-12(10)16)21(9-27-17)19-14(22)4-3-5-15(19)23(20(21)26)8-18(24)25/h3-7,10-11H,8-9H2,1-2H3,(H,24,25). The predicted octanol–water partition coefficient (Wildman–Crippen LogP) is 3.44. The second kappa shape index (κ2) is 5.73. The number of benzene rings is 2. The van der Waals surface area contributed by atoms with Gasteiger partial charge in [-0.25, -0.2) is 0 Å². The molecule has 0 fully saturated rings. The first-order valence-electron chi connectivity index (χ1n) is 9.15. The molecule has 1 N–H and O–H groups in total. The van der Waals surface area contributed by atoms with E-state index in [4.69, 9.17) is 9.47 Å². The maximum absolute atomic E-state index is 13.6. The molecule has 3 unspecified atom stereocenters. The number of carbonyl (C=O) groups excluding carboxylic acids is 1. The van der Waals surface area contributed by atoms with Crippen molar-refractivity contribution in [2.75, 3.05) is 18.1 Å². The van der Waals surface area contributed by atoms with Crippen LogP contribution in [0, 0.1) is 0 Å². The smallest absolute Gasteiger partial charge is 0.323 e. The van der Waals surface area contributed by atoms with Gasteiger partial charge in [-0.15, -0.1) is 0 Å². The third-order valence-corrected chi connectivity index (χ3v) is 6.80. The van der Waals surface area contributed by atoms with Crippen molar-refractivity contribution in [1.29, 1.82) is 0 Å². The summed E-state index contributed by atoms with van der Waals surface area (Å²) in [5, 5.41) is 9.35. The first kappa shape index (κ1) is 17.6. The maximum Gasteiger partial charge on any atom is 0.323 e. The molecule has 1 spiro atoms. The van der Waals surface area contributed by atoms with Crippen LogP contribution in [0.15, 0.2) is 34.8 Å². The molecule has 3 aliphatic rings. The topological polar surface area (TPSA) is 76.1 Å². The number of halogens is 1. The number of carbonyl (C=O) groups is 2. The van der Waals surface area contributed by atoms with Gasteiger partial charge in [0.1, 0.15) is 36.2 Å². The van der Waals surface area contributed by atoms with Gasteiger partial charge in [0.25, 0.3) is 0 Å². The van der Waals surface area contributed by atoms with Crippen LogP contribution >= 0.6 is 15.9 Å². The van der Waals surface area contributed by atoms with Gasteiger partial charge in [0.15, 0.2) is 0 Å². The van der Waals surface area contributed by atoms with Gasteiger partial charge in [0, 0.05) is 33.1 Å². The van der Waals surface area contributed by atoms with Gasteiger partial charge in [0.05, 0.1) is 5.69 Å². The van der Waals surface area contributed by atoms with Crippen LogP contribution in [-0.2, 0) is 15.0 Å². The average molecular weight is 444 g/mol. The molecule has 144 valence electrons. The Labute approximate surface area is 170 Å². The van der Waals surface area contributed by atoms with E-state index in [1.54, 1.807) is 12.1 Å². The summed E-state index contributed by atoms with van der Waals surface area (Å²) in [6.07, 6.45) is 0.0512. The van der Waals surface area contributed by atoms with E-state index >= 15 is 0 Å². The number of amides is 1.